The molecular formula is C10H11N3O. The van der Waals surface area contributed by atoms with Gasteiger partial charge in [-0.05, 0) is 25.0 Å². The molecule has 0 aliphatic rings. The highest BCUT2D eigenvalue weighted by Crippen LogP contribution is 1.91. The summed E-state index contributed by atoms with van der Waals surface area (Å²) < 4.78 is 0. The molecular weight excluding hydrogens is 178 g/mol. The third-order valence-corrected chi connectivity index (χ3v) is 1.44. The Balaban J connectivity index is 2.51. The van der Waals surface area contributed by atoms with Crippen molar-refractivity contribution >= 4 is 5.91 Å². The van der Waals surface area contributed by atoms with Gasteiger partial charge < -0.3 is 5.32 Å². The first kappa shape index (κ1) is 10.2. The molecule has 4 nitrogen and oxygen atoms in total. The van der Waals surface area contributed by atoms with Crippen molar-refractivity contribution in [2.24, 2.45) is 0 Å². The molecule has 0 aliphatic carbocycles. The molecule has 0 saturated carbocycles. The maximum absolute atomic E-state index is 10.5. The Bertz CT molecular complexity index is 373. The standard InChI is InChI=1S/C10H11N3O/c1-8-5-6-10(13-12-8)4-3-7-11-9(2)14/h5-6H,7H2,1-2H3,(H,11,14). The van der Waals surface area contributed by atoms with Gasteiger partial charge in [0, 0.05) is 6.92 Å². The molecule has 4 heteroatoms. The van der Waals surface area contributed by atoms with Crippen molar-refractivity contribution in [3.8, 4) is 11.8 Å². The monoisotopic (exact) mass is 189 g/mol. The van der Waals surface area contributed by atoms with Gasteiger partial charge in [0.15, 0.2) is 0 Å². The molecule has 0 spiro atoms. The summed E-state index contributed by atoms with van der Waals surface area (Å²) in [6.07, 6.45) is 0. The van der Waals surface area contributed by atoms with E-state index in [2.05, 4.69) is 27.4 Å². The van der Waals surface area contributed by atoms with E-state index in [1.165, 1.54) is 6.92 Å². The summed E-state index contributed by atoms with van der Waals surface area (Å²) in [5.74, 6) is 5.47. The summed E-state index contributed by atoms with van der Waals surface area (Å²) in [5, 5.41) is 10.3. The SMILES string of the molecule is CC(=O)NCC#Cc1ccc(C)nn1. The zero-order valence-electron chi connectivity index (χ0n) is 8.16. The number of hydrogen-bond donors (Lipinski definition) is 1. The third kappa shape index (κ3) is 3.68. The molecule has 1 rings (SSSR count). The Morgan fingerprint density at radius 1 is 1.50 bits per heavy atom. The molecule has 1 N–H and O–H groups in total. The van der Waals surface area contributed by atoms with Gasteiger partial charge in [-0.15, -0.1) is 5.10 Å². The molecule has 1 heterocycles. The summed E-state index contributed by atoms with van der Waals surface area (Å²) in [4.78, 5) is 10.5. The lowest BCUT2D eigenvalue weighted by Gasteiger charge is -1.91. The molecule has 0 saturated heterocycles. The second kappa shape index (κ2) is 4.97. The van der Waals surface area contributed by atoms with Crippen LogP contribution in [-0.4, -0.2) is 22.6 Å². The van der Waals surface area contributed by atoms with Crippen LogP contribution in [0, 0.1) is 18.8 Å². The predicted octanol–water partition coefficient (Wildman–Crippen LogP) is 0.273. The van der Waals surface area contributed by atoms with Crippen LogP contribution in [0.2, 0.25) is 0 Å². The molecule has 0 aromatic carbocycles. The third-order valence-electron chi connectivity index (χ3n) is 1.44. The molecule has 0 radical (unpaired) electrons. The van der Waals surface area contributed by atoms with E-state index in [4.69, 9.17) is 0 Å². The molecule has 1 aromatic heterocycles. The number of nitrogens with zero attached hydrogens (tertiary/aromatic N) is 2. The van der Waals surface area contributed by atoms with Crippen LogP contribution in [0.4, 0.5) is 0 Å². The van der Waals surface area contributed by atoms with Crippen LogP contribution in [0.25, 0.3) is 0 Å². The van der Waals surface area contributed by atoms with Gasteiger partial charge in [-0.25, -0.2) is 0 Å². The zero-order valence-corrected chi connectivity index (χ0v) is 8.16. The van der Waals surface area contributed by atoms with Crippen molar-refractivity contribution < 1.29 is 4.79 Å². The highest BCUT2D eigenvalue weighted by molar-refractivity contribution is 5.73. The fourth-order valence-corrected chi connectivity index (χ4v) is 0.769. The lowest BCUT2D eigenvalue weighted by atomic mass is 10.3. The number of amides is 1. The van der Waals surface area contributed by atoms with E-state index in [0.29, 0.717) is 12.2 Å². The van der Waals surface area contributed by atoms with E-state index in [1.807, 2.05) is 13.0 Å². The minimum atomic E-state index is -0.0886. The summed E-state index contributed by atoms with van der Waals surface area (Å²) in [6, 6.07) is 3.64. The van der Waals surface area contributed by atoms with Crippen LogP contribution >= 0.6 is 0 Å². The molecule has 0 aliphatic heterocycles. The molecule has 0 atom stereocenters. The maximum Gasteiger partial charge on any atom is 0.217 e. The van der Waals surface area contributed by atoms with Gasteiger partial charge in [-0.2, -0.15) is 5.10 Å². The van der Waals surface area contributed by atoms with Crippen LogP contribution in [0.15, 0.2) is 12.1 Å². The molecule has 1 aromatic rings. The van der Waals surface area contributed by atoms with E-state index in [1.54, 1.807) is 6.07 Å². The summed E-state index contributed by atoms with van der Waals surface area (Å²) >= 11 is 0. The summed E-state index contributed by atoms with van der Waals surface area (Å²) in [5.41, 5.74) is 1.47. The number of rotatable bonds is 1. The number of nitrogens with one attached hydrogen (secondary N) is 1. The topological polar surface area (TPSA) is 54.9 Å². The van der Waals surface area contributed by atoms with Crippen LogP contribution < -0.4 is 5.32 Å². The lowest BCUT2D eigenvalue weighted by molar-refractivity contribution is -0.118. The zero-order chi connectivity index (χ0) is 10.4. The van der Waals surface area contributed by atoms with Crippen molar-refractivity contribution in [1.82, 2.24) is 15.5 Å². The van der Waals surface area contributed by atoms with E-state index in [0.717, 1.165) is 5.69 Å². The second-order valence-corrected chi connectivity index (χ2v) is 2.77. The molecule has 1 amide bonds. The Labute approximate surface area is 82.7 Å². The predicted molar refractivity (Wildman–Crippen MR) is 52.3 cm³/mol. The minimum absolute atomic E-state index is 0.0886. The van der Waals surface area contributed by atoms with Gasteiger partial charge in [-0.3, -0.25) is 4.79 Å². The quantitative estimate of drug-likeness (QED) is 0.645. The number of hydrogen-bond acceptors (Lipinski definition) is 3. The number of carbonyl (C=O) groups excluding carboxylic acids is 1. The Morgan fingerprint density at radius 3 is 2.86 bits per heavy atom. The van der Waals surface area contributed by atoms with Gasteiger partial charge in [0.2, 0.25) is 5.91 Å². The lowest BCUT2D eigenvalue weighted by Crippen LogP contribution is -2.19. The van der Waals surface area contributed by atoms with Gasteiger partial charge in [0.1, 0.15) is 5.69 Å². The van der Waals surface area contributed by atoms with E-state index >= 15 is 0 Å². The highest BCUT2D eigenvalue weighted by atomic mass is 16.1. The fraction of sp³-hybridized carbons (Fsp3) is 0.300. The highest BCUT2D eigenvalue weighted by Gasteiger charge is 1.88. The number of carbonyl (C=O) groups is 1. The average Bonchev–Trinajstić information content (AvgIpc) is 2.15. The van der Waals surface area contributed by atoms with Gasteiger partial charge in [-0.1, -0.05) is 5.92 Å². The minimum Gasteiger partial charge on any atom is -0.345 e. The van der Waals surface area contributed by atoms with Gasteiger partial charge in [0.25, 0.3) is 0 Å². The molecule has 72 valence electrons. The van der Waals surface area contributed by atoms with E-state index in [9.17, 15) is 4.79 Å². The average molecular weight is 189 g/mol. The number of aryl methyl sites for hydroxylation is 1. The smallest absolute Gasteiger partial charge is 0.217 e. The fourth-order valence-electron chi connectivity index (χ4n) is 0.769. The van der Waals surface area contributed by atoms with Crippen LogP contribution in [0.3, 0.4) is 0 Å². The summed E-state index contributed by atoms with van der Waals surface area (Å²) in [6.45, 7) is 3.65. The molecule has 0 fully saturated rings. The second-order valence-electron chi connectivity index (χ2n) is 2.77. The van der Waals surface area contributed by atoms with Crippen molar-refractivity contribution in [3.05, 3.63) is 23.5 Å². The first-order valence-electron chi connectivity index (χ1n) is 4.22. The first-order chi connectivity index (χ1) is 6.68. The van der Waals surface area contributed by atoms with Crippen LogP contribution in [0.1, 0.15) is 18.3 Å². The Morgan fingerprint density at radius 2 is 2.29 bits per heavy atom. The van der Waals surface area contributed by atoms with Crippen LogP contribution in [0.5, 0.6) is 0 Å². The van der Waals surface area contributed by atoms with E-state index in [-0.39, 0.29) is 5.91 Å². The van der Waals surface area contributed by atoms with Gasteiger partial charge >= 0.3 is 0 Å². The Hall–Kier alpha value is -1.89. The van der Waals surface area contributed by atoms with Crippen molar-refractivity contribution in [3.63, 3.8) is 0 Å². The molecule has 0 bridgehead atoms. The van der Waals surface area contributed by atoms with Gasteiger partial charge in [0.05, 0.1) is 12.2 Å². The largest absolute Gasteiger partial charge is 0.345 e. The van der Waals surface area contributed by atoms with E-state index < -0.39 is 0 Å². The molecule has 14 heavy (non-hydrogen) atoms. The van der Waals surface area contributed by atoms with Crippen molar-refractivity contribution in [2.45, 2.75) is 13.8 Å². The van der Waals surface area contributed by atoms with Crippen LogP contribution in [-0.2, 0) is 4.79 Å². The number of aromatic nitrogens is 2. The normalized spacial score (nSPS) is 8.71. The van der Waals surface area contributed by atoms with Crippen molar-refractivity contribution in [2.75, 3.05) is 6.54 Å². The Kier molecular flexibility index (Phi) is 3.62. The first-order valence-corrected chi connectivity index (χ1v) is 4.22. The maximum atomic E-state index is 10.5. The van der Waals surface area contributed by atoms with Crippen molar-refractivity contribution in [1.29, 1.82) is 0 Å². The molecule has 0 unspecified atom stereocenters. The summed E-state index contributed by atoms with van der Waals surface area (Å²) in [7, 11) is 0.